The van der Waals surface area contributed by atoms with Gasteiger partial charge in [0.05, 0.1) is 24.5 Å². The Morgan fingerprint density at radius 1 is 0.977 bits per heavy atom. The van der Waals surface area contributed by atoms with Crippen LogP contribution in [0.4, 0.5) is 5.82 Å². The smallest absolute Gasteiger partial charge is 0.242 e. The van der Waals surface area contributed by atoms with E-state index in [1.165, 1.54) is 10.9 Å². The Hall–Kier alpha value is -5.52. The van der Waals surface area contributed by atoms with E-state index in [2.05, 4.69) is 64.7 Å². The van der Waals surface area contributed by atoms with Gasteiger partial charge in [-0.1, -0.05) is 30.2 Å². The van der Waals surface area contributed by atoms with Crippen LogP contribution in [0.25, 0.3) is 38.9 Å². The number of rotatable bonds is 6. The van der Waals surface area contributed by atoms with E-state index in [9.17, 15) is 4.79 Å². The molecular weight excluding hydrogens is 548 g/mol. The predicted molar refractivity (Wildman–Crippen MR) is 175 cm³/mol. The van der Waals surface area contributed by atoms with E-state index >= 15 is 0 Å². The predicted octanol–water partition coefficient (Wildman–Crippen LogP) is 6.18. The Morgan fingerprint density at radius 3 is 2.66 bits per heavy atom. The molecule has 0 unspecified atom stereocenters. The molecule has 2 N–H and O–H groups in total. The lowest BCUT2D eigenvalue weighted by Crippen LogP contribution is -2.35. The highest BCUT2D eigenvalue weighted by atomic mass is 16.5. The molecule has 2 aromatic carbocycles. The van der Waals surface area contributed by atoms with Gasteiger partial charge in [0, 0.05) is 35.2 Å². The standard InChI is InChI=1S/C36H32N6O2/c1-22-16-18-42-32(19-22)41-34(27-15-17-38-33(21-27)44-5)35(42)29-12-14-31(40-36(43)24(3)37-4)39-30(29)13-10-25-9-11-28-23(2)7-6-8-26(28)20-25/h6-9,11-12,14-21,24,37H,1-5H3,(H,39,40,43)/t24-/m0/s1. The first kappa shape index (κ1) is 28.6. The molecule has 4 aromatic heterocycles. The highest BCUT2D eigenvalue weighted by molar-refractivity contribution is 5.94. The van der Waals surface area contributed by atoms with Crippen LogP contribution in [0.3, 0.4) is 0 Å². The van der Waals surface area contributed by atoms with Crippen molar-refractivity contribution < 1.29 is 9.53 Å². The van der Waals surface area contributed by atoms with Gasteiger partial charge in [-0.05, 0) is 98.1 Å². The third kappa shape index (κ3) is 5.61. The van der Waals surface area contributed by atoms with Crippen molar-refractivity contribution in [1.29, 1.82) is 0 Å². The topological polar surface area (TPSA) is 93.4 Å². The lowest BCUT2D eigenvalue weighted by atomic mass is 10.0. The van der Waals surface area contributed by atoms with E-state index < -0.39 is 0 Å². The average Bonchev–Trinajstić information content (AvgIpc) is 3.41. The van der Waals surface area contributed by atoms with Gasteiger partial charge >= 0.3 is 0 Å². The number of ether oxygens (including phenoxy) is 1. The Kier molecular flexibility index (Phi) is 7.80. The molecule has 6 aromatic rings. The maximum absolute atomic E-state index is 12.7. The third-order valence-corrected chi connectivity index (χ3v) is 7.65. The molecule has 8 heteroatoms. The summed E-state index contributed by atoms with van der Waals surface area (Å²) in [6, 6.07) is 23.6. The molecule has 8 nitrogen and oxygen atoms in total. The molecular formula is C36H32N6O2. The summed E-state index contributed by atoms with van der Waals surface area (Å²) in [5.74, 6) is 7.37. The van der Waals surface area contributed by atoms with Crippen molar-refractivity contribution >= 4 is 28.1 Å². The minimum Gasteiger partial charge on any atom is -0.481 e. The Balaban J connectivity index is 1.56. The van der Waals surface area contributed by atoms with Crippen LogP contribution in [-0.4, -0.2) is 45.5 Å². The van der Waals surface area contributed by atoms with Crippen LogP contribution in [0.2, 0.25) is 0 Å². The molecule has 0 saturated carbocycles. The van der Waals surface area contributed by atoms with Crippen LogP contribution in [0.15, 0.2) is 85.2 Å². The fourth-order valence-corrected chi connectivity index (χ4v) is 5.11. The number of aryl methyl sites for hydroxylation is 2. The van der Waals surface area contributed by atoms with Crippen molar-refractivity contribution in [3.8, 4) is 40.2 Å². The maximum Gasteiger partial charge on any atom is 0.242 e. The Morgan fingerprint density at radius 2 is 1.84 bits per heavy atom. The van der Waals surface area contributed by atoms with Gasteiger partial charge in [0.15, 0.2) is 0 Å². The molecule has 0 bridgehead atoms. The van der Waals surface area contributed by atoms with Crippen molar-refractivity contribution in [2.75, 3.05) is 19.5 Å². The van der Waals surface area contributed by atoms with Crippen molar-refractivity contribution in [2.24, 2.45) is 0 Å². The average molecular weight is 581 g/mol. The second-order valence-electron chi connectivity index (χ2n) is 10.7. The molecule has 218 valence electrons. The van der Waals surface area contributed by atoms with Crippen LogP contribution in [0.1, 0.15) is 29.3 Å². The zero-order valence-electron chi connectivity index (χ0n) is 25.3. The molecule has 0 fully saturated rings. The number of pyridine rings is 3. The quantitative estimate of drug-likeness (QED) is 0.229. The number of fused-ring (bicyclic) bond motifs is 2. The van der Waals surface area contributed by atoms with Gasteiger partial charge in [0.1, 0.15) is 17.2 Å². The normalized spacial score (nSPS) is 11.7. The minimum atomic E-state index is -0.387. The van der Waals surface area contributed by atoms with Crippen molar-refractivity contribution in [2.45, 2.75) is 26.8 Å². The molecule has 0 aliphatic rings. The summed E-state index contributed by atoms with van der Waals surface area (Å²) in [5, 5.41) is 8.19. The molecule has 0 aliphatic heterocycles. The fourth-order valence-electron chi connectivity index (χ4n) is 5.11. The SMILES string of the molecule is CN[C@@H](C)C(=O)Nc1ccc(-c2c(-c3ccnc(OC)c3)nc3cc(C)ccn23)c(C#Cc2ccc3c(C)cccc3c2)n1. The number of carbonyl (C=O) groups excluding carboxylic acids is 1. The van der Waals surface area contributed by atoms with Gasteiger partial charge < -0.3 is 15.4 Å². The molecule has 4 heterocycles. The molecule has 1 amide bonds. The molecule has 0 spiro atoms. The van der Waals surface area contributed by atoms with Gasteiger partial charge in [-0.2, -0.15) is 0 Å². The number of nitrogens with zero attached hydrogens (tertiary/aromatic N) is 4. The highest BCUT2D eigenvalue weighted by Crippen LogP contribution is 2.36. The zero-order chi connectivity index (χ0) is 30.8. The summed E-state index contributed by atoms with van der Waals surface area (Å²) >= 11 is 0. The number of carbonyl (C=O) groups is 1. The lowest BCUT2D eigenvalue weighted by Gasteiger charge is -2.13. The lowest BCUT2D eigenvalue weighted by molar-refractivity contribution is -0.117. The number of methoxy groups -OCH3 is 1. The van der Waals surface area contributed by atoms with E-state index in [1.54, 1.807) is 33.3 Å². The van der Waals surface area contributed by atoms with Crippen LogP contribution < -0.4 is 15.4 Å². The number of anilines is 1. The number of likely N-dealkylation sites (N-methyl/N-ethyl adjacent to an activating group) is 1. The van der Waals surface area contributed by atoms with Crippen molar-refractivity contribution in [3.05, 3.63) is 108 Å². The highest BCUT2D eigenvalue weighted by Gasteiger charge is 2.21. The summed E-state index contributed by atoms with van der Waals surface area (Å²) in [6.45, 7) is 5.93. The minimum absolute atomic E-state index is 0.189. The number of hydrogen-bond acceptors (Lipinski definition) is 6. The first-order valence-corrected chi connectivity index (χ1v) is 14.3. The van der Waals surface area contributed by atoms with Gasteiger partial charge in [0.25, 0.3) is 0 Å². The number of nitrogens with one attached hydrogen (secondary N) is 2. The number of hydrogen-bond donors (Lipinski definition) is 2. The van der Waals surface area contributed by atoms with Crippen LogP contribution >= 0.6 is 0 Å². The Bertz CT molecular complexity index is 2100. The summed E-state index contributed by atoms with van der Waals surface area (Å²) in [6.07, 6.45) is 3.71. The molecule has 0 radical (unpaired) electrons. The first-order valence-electron chi connectivity index (χ1n) is 14.3. The molecule has 0 saturated heterocycles. The van der Waals surface area contributed by atoms with E-state index in [-0.39, 0.29) is 11.9 Å². The van der Waals surface area contributed by atoms with Crippen LogP contribution in [0.5, 0.6) is 5.88 Å². The van der Waals surface area contributed by atoms with Gasteiger partial charge in [-0.15, -0.1) is 0 Å². The zero-order valence-corrected chi connectivity index (χ0v) is 25.3. The first-order chi connectivity index (χ1) is 21.3. The second kappa shape index (κ2) is 12.0. The summed E-state index contributed by atoms with van der Waals surface area (Å²) < 4.78 is 7.46. The Labute approximate surface area is 256 Å². The molecule has 44 heavy (non-hydrogen) atoms. The third-order valence-electron chi connectivity index (χ3n) is 7.65. The molecule has 6 rings (SSSR count). The fraction of sp³-hybridized carbons (Fsp3) is 0.167. The van der Waals surface area contributed by atoms with E-state index in [0.717, 1.165) is 44.7 Å². The van der Waals surface area contributed by atoms with Crippen molar-refractivity contribution in [1.82, 2.24) is 24.7 Å². The summed E-state index contributed by atoms with van der Waals surface area (Å²) in [4.78, 5) is 26.9. The monoisotopic (exact) mass is 580 g/mol. The second-order valence-corrected chi connectivity index (χ2v) is 10.7. The number of imidazole rings is 1. The summed E-state index contributed by atoms with van der Waals surface area (Å²) in [7, 11) is 3.33. The van der Waals surface area contributed by atoms with Gasteiger partial charge in [-0.25, -0.2) is 15.0 Å². The van der Waals surface area contributed by atoms with Crippen LogP contribution in [-0.2, 0) is 4.79 Å². The largest absolute Gasteiger partial charge is 0.481 e. The van der Waals surface area contributed by atoms with Gasteiger partial charge in [0.2, 0.25) is 11.8 Å². The molecule has 1 atom stereocenters. The summed E-state index contributed by atoms with van der Waals surface area (Å²) in [5.41, 5.74) is 7.64. The number of aromatic nitrogens is 4. The van der Waals surface area contributed by atoms with E-state index in [0.29, 0.717) is 17.4 Å². The van der Waals surface area contributed by atoms with E-state index in [1.807, 2.05) is 53.9 Å². The van der Waals surface area contributed by atoms with Gasteiger partial charge in [-0.3, -0.25) is 9.20 Å². The number of benzene rings is 2. The van der Waals surface area contributed by atoms with Crippen LogP contribution in [0, 0.1) is 25.7 Å². The van der Waals surface area contributed by atoms with Crippen molar-refractivity contribution in [3.63, 3.8) is 0 Å². The van der Waals surface area contributed by atoms with E-state index in [4.69, 9.17) is 14.7 Å². The number of amides is 1. The maximum atomic E-state index is 12.7. The molecule has 0 aliphatic carbocycles.